The minimum Gasteiger partial charge on any atom is -0.364 e. The molecule has 1 aliphatic rings. The summed E-state index contributed by atoms with van der Waals surface area (Å²) in [6.07, 6.45) is 0. The first-order valence-corrected chi connectivity index (χ1v) is 4.57. The van der Waals surface area contributed by atoms with Gasteiger partial charge in [0.25, 0.3) is 11.8 Å². The first-order chi connectivity index (χ1) is 7.45. The number of barbiturate groups is 1. The molecule has 0 bridgehead atoms. The minimum atomic E-state index is -0.868. The average Bonchev–Trinajstić information content (AvgIpc) is 2.21. The lowest BCUT2D eigenvalue weighted by Gasteiger charge is -2.17. The second-order valence-electron chi connectivity index (χ2n) is 2.76. The minimum absolute atomic E-state index is 0.227. The Labute approximate surface area is 96.0 Å². The van der Waals surface area contributed by atoms with Gasteiger partial charge in [0.2, 0.25) is 5.71 Å². The summed E-state index contributed by atoms with van der Waals surface area (Å²) < 4.78 is 0. The fourth-order valence-corrected chi connectivity index (χ4v) is 0.948. The molecular weight excluding hydrogens is 234 g/mol. The first-order valence-electron chi connectivity index (χ1n) is 4.16. The van der Waals surface area contributed by atoms with Crippen molar-refractivity contribution in [3.8, 4) is 0 Å². The fourth-order valence-electron chi connectivity index (χ4n) is 0.907. The van der Waals surface area contributed by atoms with Crippen LogP contribution in [0.25, 0.3) is 0 Å². The zero-order valence-electron chi connectivity index (χ0n) is 8.53. The maximum Gasteiger partial charge on any atom is 0.328 e. The Bertz CT molecular complexity index is 383. The average molecular weight is 243 g/mol. The van der Waals surface area contributed by atoms with Crippen LogP contribution >= 0.6 is 12.2 Å². The van der Waals surface area contributed by atoms with E-state index < -0.39 is 23.6 Å². The number of carbonyl (C=O) groups is 3. The van der Waals surface area contributed by atoms with Gasteiger partial charge in [-0.05, 0) is 12.2 Å². The maximum absolute atomic E-state index is 11.2. The molecule has 86 valence electrons. The predicted molar refractivity (Wildman–Crippen MR) is 58.5 cm³/mol. The molecule has 1 heterocycles. The smallest absolute Gasteiger partial charge is 0.328 e. The molecule has 0 aromatic carbocycles. The quantitative estimate of drug-likeness (QED) is 0.369. The summed E-state index contributed by atoms with van der Waals surface area (Å²) in [6, 6.07) is -0.868. The van der Waals surface area contributed by atoms with E-state index >= 15 is 0 Å². The summed E-state index contributed by atoms with van der Waals surface area (Å²) in [4.78, 5) is 33.2. The van der Waals surface area contributed by atoms with Crippen LogP contribution in [0, 0.1) is 0 Å². The molecule has 1 aliphatic heterocycles. The number of nitrogens with zero attached hydrogens (tertiary/aromatic N) is 2. The Hall–Kier alpha value is -2.03. The van der Waals surface area contributed by atoms with Gasteiger partial charge < -0.3 is 5.32 Å². The van der Waals surface area contributed by atoms with E-state index in [1.807, 2.05) is 10.6 Å². The van der Waals surface area contributed by atoms with Crippen LogP contribution in [0.15, 0.2) is 5.10 Å². The summed E-state index contributed by atoms with van der Waals surface area (Å²) in [5.74, 6) is -1.72. The Morgan fingerprint density at radius 3 is 2.25 bits per heavy atom. The number of hydrogen-bond donors (Lipinski definition) is 3. The third-order valence-corrected chi connectivity index (χ3v) is 2.11. The first kappa shape index (κ1) is 12.0. The van der Waals surface area contributed by atoms with Crippen LogP contribution in [0.2, 0.25) is 0 Å². The van der Waals surface area contributed by atoms with Crippen molar-refractivity contribution in [1.29, 1.82) is 0 Å². The Morgan fingerprint density at radius 2 is 1.81 bits per heavy atom. The third-order valence-electron chi connectivity index (χ3n) is 1.64. The Kier molecular flexibility index (Phi) is 3.51. The molecule has 0 spiro atoms. The molecule has 0 radical (unpaired) electrons. The number of carbonyl (C=O) groups excluding carboxylic acids is 3. The van der Waals surface area contributed by atoms with Crippen LogP contribution < -0.4 is 16.0 Å². The van der Waals surface area contributed by atoms with E-state index in [-0.39, 0.29) is 5.11 Å². The number of imide groups is 2. The fraction of sp³-hybridized carbons (Fsp3) is 0.286. The van der Waals surface area contributed by atoms with Gasteiger partial charge in [0.1, 0.15) is 0 Å². The van der Waals surface area contributed by atoms with Crippen LogP contribution in [0.1, 0.15) is 0 Å². The predicted octanol–water partition coefficient (Wildman–Crippen LogP) is -1.86. The molecule has 1 fully saturated rings. The molecule has 16 heavy (non-hydrogen) atoms. The number of rotatable bonds is 1. The normalized spacial score (nSPS) is 15.1. The number of amides is 4. The molecule has 8 nitrogen and oxygen atoms in total. The molecule has 9 heteroatoms. The molecule has 0 atom stereocenters. The van der Waals surface area contributed by atoms with Crippen molar-refractivity contribution >= 4 is 40.9 Å². The van der Waals surface area contributed by atoms with Crippen molar-refractivity contribution < 1.29 is 14.4 Å². The molecule has 1 rings (SSSR count). The van der Waals surface area contributed by atoms with Crippen LogP contribution in [-0.2, 0) is 9.59 Å². The van der Waals surface area contributed by atoms with Gasteiger partial charge in [0.15, 0.2) is 5.11 Å². The van der Waals surface area contributed by atoms with Gasteiger partial charge in [-0.25, -0.2) is 9.80 Å². The second kappa shape index (κ2) is 4.66. The van der Waals surface area contributed by atoms with Gasteiger partial charge in [-0.15, -0.1) is 0 Å². The second-order valence-corrected chi connectivity index (χ2v) is 3.15. The van der Waals surface area contributed by atoms with E-state index in [0.717, 1.165) is 5.01 Å². The zero-order valence-corrected chi connectivity index (χ0v) is 9.34. The molecule has 0 unspecified atom stereocenters. The molecule has 4 amide bonds. The number of thiocarbonyl (C=S) groups is 1. The third kappa shape index (κ3) is 2.51. The van der Waals surface area contributed by atoms with E-state index in [1.165, 1.54) is 7.05 Å². The largest absolute Gasteiger partial charge is 0.364 e. The van der Waals surface area contributed by atoms with Crippen LogP contribution in [0.5, 0.6) is 0 Å². The molecule has 0 aromatic rings. The van der Waals surface area contributed by atoms with Crippen LogP contribution in [0.3, 0.4) is 0 Å². The van der Waals surface area contributed by atoms with Gasteiger partial charge in [0.05, 0.1) is 0 Å². The number of nitrogens with one attached hydrogen (secondary N) is 3. The highest BCUT2D eigenvalue weighted by Gasteiger charge is 2.30. The topological polar surface area (TPSA) is 103 Å². The van der Waals surface area contributed by atoms with E-state index in [2.05, 4.69) is 10.4 Å². The standard InChI is InChI=1S/C7H9N5O3S/c1-8-7(16)12(2)11-3-4(13)9-6(15)10-5(3)14/h1-2H3,(H,8,16)(H2,9,10,13,14,15). The molecule has 3 N–H and O–H groups in total. The van der Waals surface area contributed by atoms with Gasteiger partial charge in [-0.1, -0.05) is 0 Å². The van der Waals surface area contributed by atoms with Crippen molar-refractivity contribution in [2.75, 3.05) is 14.1 Å². The number of urea groups is 1. The SMILES string of the molecule is CNC(=S)N(C)N=C1C(=O)NC(=O)NC1=O. The summed E-state index contributed by atoms with van der Waals surface area (Å²) in [6.45, 7) is 0. The maximum atomic E-state index is 11.2. The van der Waals surface area contributed by atoms with Crippen molar-refractivity contribution in [3.05, 3.63) is 0 Å². The molecule has 0 saturated carbocycles. The molecule has 1 saturated heterocycles. The van der Waals surface area contributed by atoms with Gasteiger partial charge in [-0.3, -0.25) is 20.2 Å². The van der Waals surface area contributed by atoms with Crippen molar-refractivity contribution in [3.63, 3.8) is 0 Å². The molecule has 0 aromatic heterocycles. The monoisotopic (exact) mass is 243 g/mol. The van der Waals surface area contributed by atoms with Crippen molar-refractivity contribution in [1.82, 2.24) is 21.0 Å². The number of hydrogen-bond acceptors (Lipinski definition) is 5. The highest BCUT2D eigenvalue weighted by Crippen LogP contribution is 1.93. The van der Waals surface area contributed by atoms with Crippen molar-refractivity contribution in [2.24, 2.45) is 5.10 Å². The summed E-state index contributed by atoms with van der Waals surface area (Å²) in [5.41, 5.74) is -0.431. The summed E-state index contributed by atoms with van der Waals surface area (Å²) in [5, 5.41) is 11.4. The zero-order chi connectivity index (χ0) is 12.3. The highest BCUT2D eigenvalue weighted by atomic mass is 32.1. The van der Waals surface area contributed by atoms with E-state index in [9.17, 15) is 14.4 Å². The van der Waals surface area contributed by atoms with Gasteiger partial charge >= 0.3 is 6.03 Å². The lowest BCUT2D eigenvalue weighted by atomic mass is 10.3. The lowest BCUT2D eigenvalue weighted by molar-refractivity contribution is -0.119. The van der Waals surface area contributed by atoms with E-state index in [0.29, 0.717) is 0 Å². The highest BCUT2D eigenvalue weighted by molar-refractivity contribution is 7.80. The summed E-state index contributed by atoms with van der Waals surface area (Å²) >= 11 is 4.82. The van der Waals surface area contributed by atoms with Gasteiger partial charge in [0, 0.05) is 14.1 Å². The van der Waals surface area contributed by atoms with E-state index in [1.54, 1.807) is 7.05 Å². The van der Waals surface area contributed by atoms with Crippen LogP contribution in [-0.4, -0.2) is 47.8 Å². The van der Waals surface area contributed by atoms with E-state index in [4.69, 9.17) is 12.2 Å². The number of hydrazone groups is 1. The van der Waals surface area contributed by atoms with Crippen LogP contribution in [0.4, 0.5) is 4.79 Å². The Morgan fingerprint density at radius 1 is 1.31 bits per heavy atom. The molecular formula is C7H9N5O3S. The van der Waals surface area contributed by atoms with Gasteiger partial charge in [-0.2, -0.15) is 5.10 Å². The Balaban J connectivity index is 2.90. The summed E-state index contributed by atoms with van der Waals surface area (Å²) in [7, 11) is 3.03. The molecule has 0 aliphatic carbocycles. The van der Waals surface area contributed by atoms with Crippen molar-refractivity contribution in [2.45, 2.75) is 0 Å². The lowest BCUT2D eigenvalue weighted by Crippen LogP contribution is -2.57.